The molecule has 31 heavy (non-hydrogen) atoms. The molecule has 0 saturated carbocycles. The van der Waals surface area contributed by atoms with Crippen molar-refractivity contribution in [2.75, 3.05) is 6.54 Å². The van der Waals surface area contributed by atoms with Crippen LogP contribution in [0.2, 0.25) is 0 Å². The molecular weight excluding hydrogens is 410 g/mol. The Bertz CT molecular complexity index is 1350. The lowest BCUT2D eigenvalue weighted by Crippen LogP contribution is -2.32. The van der Waals surface area contributed by atoms with E-state index < -0.39 is 0 Å². The Kier molecular flexibility index (Phi) is 4.75. The number of imide groups is 1. The van der Waals surface area contributed by atoms with Gasteiger partial charge in [0.25, 0.3) is 17.4 Å². The summed E-state index contributed by atoms with van der Waals surface area (Å²) in [5, 5.41) is 2.57. The first-order valence-electron chi connectivity index (χ1n) is 10.0. The maximum Gasteiger partial charge on any atom is 0.262 e. The molecule has 0 fully saturated rings. The van der Waals surface area contributed by atoms with E-state index in [1.54, 1.807) is 35.2 Å². The molecule has 3 heterocycles. The number of thiophene rings is 1. The Labute approximate surface area is 182 Å². The number of amides is 2. The zero-order valence-corrected chi connectivity index (χ0v) is 17.7. The monoisotopic (exact) mass is 429 g/mol. The second-order valence-corrected chi connectivity index (χ2v) is 8.46. The molecule has 0 unspecified atom stereocenters. The van der Waals surface area contributed by atoms with E-state index in [2.05, 4.69) is 4.98 Å². The summed E-state index contributed by atoms with van der Waals surface area (Å²) in [5.74, 6) is -0.554. The van der Waals surface area contributed by atoms with Crippen molar-refractivity contribution in [1.29, 1.82) is 0 Å². The van der Waals surface area contributed by atoms with Gasteiger partial charge < -0.3 is 0 Å². The second-order valence-electron chi connectivity index (χ2n) is 7.60. The SMILES string of the molecule is Cc1ccc(-c2csc3ncn(CCCN4C(=O)c5ccccc5C4=O)c(=O)c23)cc1. The van der Waals surface area contributed by atoms with Crippen molar-refractivity contribution in [1.82, 2.24) is 14.5 Å². The fourth-order valence-corrected chi connectivity index (χ4v) is 4.82. The molecule has 0 spiro atoms. The number of benzene rings is 2. The van der Waals surface area contributed by atoms with Crippen LogP contribution in [0.5, 0.6) is 0 Å². The maximum atomic E-state index is 13.2. The van der Waals surface area contributed by atoms with Gasteiger partial charge in [-0.1, -0.05) is 42.0 Å². The molecule has 0 atom stereocenters. The van der Waals surface area contributed by atoms with Crippen LogP contribution >= 0.6 is 11.3 Å². The first kappa shape index (κ1) is 19.4. The van der Waals surface area contributed by atoms with Crippen molar-refractivity contribution >= 4 is 33.4 Å². The highest BCUT2D eigenvalue weighted by atomic mass is 32.1. The number of hydrogen-bond donors (Lipinski definition) is 0. The fraction of sp³-hybridized carbons (Fsp3) is 0.167. The summed E-state index contributed by atoms with van der Waals surface area (Å²) in [4.78, 5) is 44.6. The average Bonchev–Trinajstić information content (AvgIpc) is 3.32. The summed E-state index contributed by atoms with van der Waals surface area (Å²) in [5.41, 5.74) is 3.80. The number of nitrogens with zero attached hydrogens (tertiary/aromatic N) is 3. The van der Waals surface area contributed by atoms with Crippen LogP contribution in [0.15, 0.2) is 65.0 Å². The molecule has 154 valence electrons. The molecule has 0 bridgehead atoms. The number of aromatic nitrogens is 2. The minimum Gasteiger partial charge on any atom is -0.299 e. The molecular formula is C24H19N3O3S. The molecule has 5 rings (SSSR count). The van der Waals surface area contributed by atoms with E-state index in [4.69, 9.17) is 0 Å². The van der Waals surface area contributed by atoms with Gasteiger partial charge in [0, 0.05) is 24.0 Å². The van der Waals surface area contributed by atoms with E-state index in [1.807, 2.05) is 36.6 Å². The van der Waals surface area contributed by atoms with Gasteiger partial charge in [-0.2, -0.15) is 0 Å². The third-order valence-electron chi connectivity index (χ3n) is 5.58. The van der Waals surface area contributed by atoms with E-state index in [0.717, 1.165) is 16.7 Å². The van der Waals surface area contributed by atoms with E-state index >= 15 is 0 Å². The van der Waals surface area contributed by atoms with E-state index in [1.165, 1.54) is 16.2 Å². The number of carbonyl (C=O) groups excluding carboxylic acids is 2. The van der Waals surface area contributed by atoms with Crippen LogP contribution in [0.1, 0.15) is 32.7 Å². The van der Waals surface area contributed by atoms with Gasteiger partial charge in [0.05, 0.1) is 22.8 Å². The molecule has 6 nitrogen and oxygen atoms in total. The van der Waals surface area contributed by atoms with Gasteiger partial charge in [-0.15, -0.1) is 11.3 Å². The molecule has 0 aliphatic carbocycles. The van der Waals surface area contributed by atoms with Gasteiger partial charge in [-0.25, -0.2) is 4.98 Å². The smallest absolute Gasteiger partial charge is 0.262 e. The molecule has 0 saturated heterocycles. The number of aryl methyl sites for hydroxylation is 2. The molecule has 1 aliphatic rings. The molecule has 7 heteroatoms. The van der Waals surface area contributed by atoms with Crippen LogP contribution < -0.4 is 5.56 Å². The quantitative estimate of drug-likeness (QED) is 0.448. The van der Waals surface area contributed by atoms with Crippen LogP contribution in [0.4, 0.5) is 0 Å². The first-order chi connectivity index (χ1) is 15.0. The van der Waals surface area contributed by atoms with Crippen molar-refractivity contribution in [2.45, 2.75) is 19.9 Å². The minimum atomic E-state index is -0.277. The lowest BCUT2D eigenvalue weighted by Gasteiger charge is -2.14. The number of hydrogen-bond acceptors (Lipinski definition) is 5. The van der Waals surface area contributed by atoms with Gasteiger partial charge in [-0.05, 0) is 31.0 Å². The molecule has 2 aromatic carbocycles. The first-order valence-corrected chi connectivity index (χ1v) is 10.9. The summed E-state index contributed by atoms with van der Waals surface area (Å²) in [6, 6.07) is 14.9. The topological polar surface area (TPSA) is 72.3 Å². The number of fused-ring (bicyclic) bond motifs is 2. The summed E-state index contributed by atoms with van der Waals surface area (Å²) >= 11 is 1.45. The van der Waals surface area contributed by atoms with E-state index in [9.17, 15) is 14.4 Å². The minimum absolute atomic E-state index is 0.107. The molecule has 0 radical (unpaired) electrons. The van der Waals surface area contributed by atoms with Gasteiger partial charge in [0.15, 0.2) is 0 Å². The summed E-state index contributed by atoms with van der Waals surface area (Å²) in [7, 11) is 0. The van der Waals surface area contributed by atoms with Crippen LogP contribution in [0.3, 0.4) is 0 Å². The predicted molar refractivity (Wildman–Crippen MR) is 120 cm³/mol. The van der Waals surface area contributed by atoms with Crippen LogP contribution in [-0.2, 0) is 6.54 Å². The standard InChI is InChI=1S/C24H19N3O3S/c1-15-7-9-16(10-8-15)19-13-31-21-20(19)24(30)26(14-25-21)11-4-12-27-22(28)17-5-2-3-6-18(17)23(27)29/h2-3,5-10,13-14H,4,11-12H2,1H3. The Morgan fingerprint density at radius 3 is 2.23 bits per heavy atom. The highest BCUT2D eigenvalue weighted by molar-refractivity contribution is 7.17. The Morgan fingerprint density at radius 2 is 1.55 bits per heavy atom. The predicted octanol–water partition coefficient (Wildman–Crippen LogP) is 4.12. The normalized spacial score (nSPS) is 13.3. The number of carbonyl (C=O) groups is 2. The maximum absolute atomic E-state index is 13.2. The molecule has 0 N–H and O–H groups in total. The lowest BCUT2D eigenvalue weighted by atomic mass is 10.1. The average molecular weight is 430 g/mol. The molecule has 2 aromatic heterocycles. The molecule has 1 aliphatic heterocycles. The molecule has 4 aromatic rings. The van der Waals surface area contributed by atoms with Gasteiger partial charge in [0.1, 0.15) is 4.83 Å². The van der Waals surface area contributed by atoms with E-state index in [0.29, 0.717) is 34.3 Å². The van der Waals surface area contributed by atoms with Gasteiger partial charge >= 0.3 is 0 Å². The summed E-state index contributed by atoms with van der Waals surface area (Å²) < 4.78 is 1.56. The highest BCUT2D eigenvalue weighted by Gasteiger charge is 2.34. The van der Waals surface area contributed by atoms with Crippen molar-refractivity contribution in [3.63, 3.8) is 0 Å². The third-order valence-corrected chi connectivity index (χ3v) is 6.47. The van der Waals surface area contributed by atoms with Crippen molar-refractivity contribution in [2.24, 2.45) is 0 Å². The van der Waals surface area contributed by atoms with Gasteiger partial charge in [-0.3, -0.25) is 23.9 Å². The van der Waals surface area contributed by atoms with Crippen LogP contribution in [0.25, 0.3) is 21.3 Å². The molecule has 2 amide bonds. The summed E-state index contributed by atoms with van der Waals surface area (Å²) in [6.07, 6.45) is 2.02. The Hall–Kier alpha value is -3.58. The zero-order valence-electron chi connectivity index (χ0n) is 16.9. The largest absolute Gasteiger partial charge is 0.299 e. The Morgan fingerprint density at radius 1 is 0.871 bits per heavy atom. The number of rotatable bonds is 5. The fourth-order valence-electron chi connectivity index (χ4n) is 3.91. The third kappa shape index (κ3) is 3.27. The van der Waals surface area contributed by atoms with Crippen molar-refractivity contribution in [3.05, 3.63) is 87.3 Å². The second kappa shape index (κ2) is 7.59. The van der Waals surface area contributed by atoms with Crippen molar-refractivity contribution in [3.8, 4) is 11.1 Å². The van der Waals surface area contributed by atoms with E-state index in [-0.39, 0.29) is 23.9 Å². The zero-order chi connectivity index (χ0) is 21.5. The summed E-state index contributed by atoms with van der Waals surface area (Å²) in [6.45, 7) is 2.65. The highest BCUT2D eigenvalue weighted by Crippen LogP contribution is 2.30. The Balaban J connectivity index is 1.37. The lowest BCUT2D eigenvalue weighted by molar-refractivity contribution is 0.0650. The van der Waals surface area contributed by atoms with Crippen LogP contribution in [0, 0.1) is 6.92 Å². The van der Waals surface area contributed by atoms with Gasteiger partial charge in [0.2, 0.25) is 0 Å². The van der Waals surface area contributed by atoms with Crippen molar-refractivity contribution < 1.29 is 9.59 Å². The van der Waals surface area contributed by atoms with Crippen LogP contribution in [-0.4, -0.2) is 32.8 Å².